The number of carbonyl (C=O) groups is 1. The smallest absolute Gasteiger partial charge is 0.335 e. The Labute approximate surface area is 245 Å². The van der Waals surface area contributed by atoms with Crippen molar-refractivity contribution in [2.75, 3.05) is 26.3 Å². The van der Waals surface area contributed by atoms with Crippen LogP contribution in [-0.4, -0.2) is 42.3 Å². The van der Waals surface area contributed by atoms with E-state index < -0.39 is 11.9 Å². The summed E-state index contributed by atoms with van der Waals surface area (Å²) >= 11 is 0. The molecule has 7 heteroatoms. The number of allylic oxidation sites excluding steroid dienone is 1. The molecule has 0 amide bonds. The van der Waals surface area contributed by atoms with Gasteiger partial charge in [-0.1, -0.05) is 48.5 Å². The first-order valence-corrected chi connectivity index (χ1v) is 14.3. The predicted molar refractivity (Wildman–Crippen MR) is 159 cm³/mol. The molecule has 1 N–H and O–H groups in total. The zero-order chi connectivity index (χ0) is 27.9. The number of carboxylic acids is 1. The van der Waals surface area contributed by atoms with Gasteiger partial charge in [0.15, 0.2) is 0 Å². The number of aromatic carboxylic acids is 1. The Morgan fingerprint density at radius 3 is 2.49 bits per heavy atom. The molecule has 1 saturated heterocycles. The van der Waals surface area contributed by atoms with Crippen LogP contribution in [0.5, 0.6) is 0 Å². The summed E-state index contributed by atoms with van der Waals surface area (Å²) in [4.78, 5) is 14.0. The standard InChI is InChI=1S/C34H34F3NO2.ClH/c35-16-3-17-38-20-23(21-38)18-22-8-10-24(11-9-22)32-27-13-12-26(33(39)40)19-25(27)4-1-6-30(32)28-5-2-7-31-29(28)14-15-34(31,36)37;/h2,5,7-13,19,23H,1,3-4,6,14-18,20-21H2,(H,39,40);1H. The summed E-state index contributed by atoms with van der Waals surface area (Å²) in [5.41, 5.74) is 8.34. The number of likely N-dealkylation sites (tertiary alicyclic amines) is 1. The Balaban J connectivity index is 0.00000337. The van der Waals surface area contributed by atoms with Crippen molar-refractivity contribution in [1.82, 2.24) is 4.90 Å². The topological polar surface area (TPSA) is 40.5 Å². The Morgan fingerprint density at radius 1 is 0.976 bits per heavy atom. The van der Waals surface area contributed by atoms with E-state index in [1.54, 1.807) is 24.3 Å². The van der Waals surface area contributed by atoms with E-state index >= 15 is 0 Å². The molecule has 0 atom stereocenters. The van der Waals surface area contributed by atoms with Crippen molar-refractivity contribution < 1.29 is 23.1 Å². The van der Waals surface area contributed by atoms with E-state index in [9.17, 15) is 23.1 Å². The highest BCUT2D eigenvalue weighted by Gasteiger charge is 2.40. The van der Waals surface area contributed by atoms with Crippen molar-refractivity contribution >= 4 is 29.5 Å². The molecule has 0 spiro atoms. The first kappa shape index (κ1) is 29.4. The monoisotopic (exact) mass is 581 g/mol. The van der Waals surface area contributed by atoms with Gasteiger partial charge in [-0.2, -0.15) is 0 Å². The van der Waals surface area contributed by atoms with Gasteiger partial charge in [0.05, 0.1) is 12.2 Å². The Hall–Kier alpha value is -3.09. The van der Waals surface area contributed by atoms with Crippen molar-refractivity contribution in [2.45, 2.75) is 50.9 Å². The van der Waals surface area contributed by atoms with Gasteiger partial charge in [0.2, 0.25) is 0 Å². The van der Waals surface area contributed by atoms with E-state index in [2.05, 4.69) is 29.2 Å². The lowest BCUT2D eigenvalue weighted by Crippen LogP contribution is -2.47. The Morgan fingerprint density at radius 2 is 1.76 bits per heavy atom. The lowest BCUT2D eigenvalue weighted by molar-refractivity contribution is -0.00185. The number of nitrogens with zero attached hydrogens (tertiary/aromatic N) is 1. The van der Waals surface area contributed by atoms with Crippen LogP contribution >= 0.6 is 12.4 Å². The van der Waals surface area contributed by atoms with Gasteiger partial charge >= 0.3 is 5.97 Å². The molecule has 1 fully saturated rings. The maximum absolute atomic E-state index is 14.7. The van der Waals surface area contributed by atoms with Crippen molar-refractivity contribution in [2.24, 2.45) is 5.92 Å². The fourth-order valence-electron chi connectivity index (χ4n) is 6.83. The Kier molecular flexibility index (Phi) is 8.62. The average Bonchev–Trinajstić information content (AvgIpc) is 3.12. The van der Waals surface area contributed by atoms with Crippen LogP contribution in [-0.2, 0) is 25.2 Å². The predicted octanol–water partition coefficient (Wildman–Crippen LogP) is 7.97. The number of hydrogen-bond donors (Lipinski definition) is 1. The molecule has 41 heavy (non-hydrogen) atoms. The van der Waals surface area contributed by atoms with Gasteiger partial charge in [-0.25, -0.2) is 13.6 Å². The van der Waals surface area contributed by atoms with E-state index in [4.69, 9.17) is 0 Å². The van der Waals surface area contributed by atoms with Crippen LogP contribution in [0.15, 0.2) is 60.7 Å². The summed E-state index contributed by atoms with van der Waals surface area (Å²) in [5, 5.41) is 9.61. The third-order valence-electron chi connectivity index (χ3n) is 8.79. The van der Waals surface area contributed by atoms with Crippen LogP contribution in [0.1, 0.15) is 75.0 Å². The first-order chi connectivity index (χ1) is 19.3. The molecule has 0 radical (unpaired) electrons. The fraction of sp³-hybridized carbons (Fsp3) is 0.382. The number of aryl methyl sites for hydroxylation is 1. The van der Waals surface area contributed by atoms with Crippen molar-refractivity contribution in [1.29, 1.82) is 0 Å². The molecular formula is C34H35ClF3NO2. The highest BCUT2D eigenvalue weighted by atomic mass is 35.5. The lowest BCUT2D eigenvalue weighted by Gasteiger charge is -2.39. The van der Waals surface area contributed by atoms with Crippen molar-refractivity contribution in [3.8, 4) is 0 Å². The molecule has 0 bridgehead atoms. The summed E-state index contributed by atoms with van der Waals surface area (Å²) in [5.74, 6) is -3.19. The molecule has 0 aromatic heterocycles. The zero-order valence-corrected chi connectivity index (χ0v) is 23.8. The SMILES string of the molecule is Cl.O=C(O)c1ccc2c(c1)CCCC(c1cccc3c1CCC3(F)F)=C2c1ccc(CC2CN(CCCF)C2)cc1. The minimum atomic E-state index is -2.81. The molecule has 6 rings (SSSR count). The number of benzene rings is 3. The largest absolute Gasteiger partial charge is 0.478 e. The molecule has 0 unspecified atom stereocenters. The quantitative estimate of drug-likeness (QED) is 0.293. The van der Waals surface area contributed by atoms with E-state index in [-0.39, 0.29) is 36.6 Å². The van der Waals surface area contributed by atoms with Crippen LogP contribution in [0.4, 0.5) is 13.2 Å². The van der Waals surface area contributed by atoms with Gasteiger partial charge < -0.3 is 10.0 Å². The molecule has 3 aliphatic rings. The summed E-state index contributed by atoms with van der Waals surface area (Å²) in [6.07, 6.45) is 4.02. The second kappa shape index (κ2) is 12.0. The van der Waals surface area contributed by atoms with Crippen LogP contribution in [0.2, 0.25) is 0 Å². The van der Waals surface area contributed by atoms with Crippen molar-refractivity contribution in [3.63, 3.8) is 0 Å². The van der Waals surface area contributed by atoms with Crippen LogP contribution in [0.25, 0.3) is 11.1 Å². The van der Waals surface area contributed by atoms with Gasteiger partial charge in [-0.15, -0.1) is 12.4 Å². The molecule has 216 valence electrons. The molecule has 3 aromatic carbocycles. The Bertz CT molecular complexity index is 1460. The van der Waals surface area contributed by atoms with Gasteiger partial charge in [0, 0.05) is 31.6 Å². The van der Waals surface area contributed by atoms with Gasteiger partial charge in [-0.05, 0) is 101 Å². The average molecular weight is 582 g/mol. The number of alkyl halides is 3. The highest BCUT2D eigenvalue weighted by Crippen LogP contribution is 2.47. The van der Waals surface area contributed by atoms with E-state index in [1.165, 1.54) is 5.56 Å². The molecule has 2 aliphatic carbocycles. The summed E-state index contributed by atoms with van der Waals surface area (Å²) < 4.78 is 41.9. The third-order valence-corrected chi connectivity index (χ3v) is 8.79. The molecule has 0 saturated carbocycles. The molecule has 1 heterocycles. The zero-order valence-electron chi connectivity index (χ0n) is 23.0. The minimum Gasteiger partial charge on any atom is -0.478 e. The fourth-order valence-corrected chi connectivity index (χ4v) is 6.83. The number of hydrogen-bond acceptors (Lipinski definition) is 2. The minimum absolute atomic E-state index is 0. The van der Waals surface area contributed by atoms with Gasteiger partial charge in [0.25, 0.3) is 5.92 Å². The maximum Gasteiger partial charge on any atom is 0.335 e. The second-order valence-corrected chi connectivity index (χ2v) is 11.5. The van der Waals surface area contributed by atoms with Crippen LogP contribution in [0.3, 0.4) is 0 Å². The van der Waals surface area contributed by atoms with Crippen LogP contribution < -0.4 is 0 Å². The number of halogens is 4. The molecular weight excluding hydrogens is 547 g/mol. The number of fused-ring (bicyclic) bond motifs is 2. The number of rotatable bonds is 8. The van der Waals surface area contributed by atoms with Crippen LogP contribution in [0, 0.1) is 5.92 Å². The summed E-state index contributed by atoms with van der Waals surface area (Å²) in [7, 11) is 0. The summed E-state index contributed by atoms with van der Waals surface area (Å²) in [6, 6.07) is 19.2. The lowest BCUT2D eigenvalue weighted by atomic mass is 9.84. The molecule has 3 aromatic rings. The van der Waals surface area contributed by atoms with Gasteiger partial charge in [-0.3, -0.25) is 4.39 Å². The van der Waals surface area contributed by atoms with E-state index in [0.29, 0.717) is 18.8 Å². The van der Waals surface area contributed by atoms with E-state index in [1.807, 2.05) is 12.1 Å². The third kappa shape index (κ3) is 5.82. The maximum atomic E-state index is 14.7. The summed E-state index contributed by atoms with van der Waals surface area (Å²) in [6.45, 7) is 2.55. The van der Waals surface area contributed by atoms with Crippen molar-refractivity contribution in [3.05, 3.63) is 105 Å². The number of carboxylic acid groups (broad SMARTS) is 1. The van der Waals surface area contributed by atoms with Gasteiger partial charge in [0.1, 0.15) is 0 Å². The van der Waals surface area contributed by atoms with E-state index in [0.717, 1.165) is 84.3 Å². The molecule has 1 aliphatic heterocycles. The highest BCUT2D eigenvalue weighted by molar-refractivity contribution is 6.01. The first-order valence-electron chi connectivity index (χ1n) is 14.3. The normalized spacial score (nSPS) is 18.2. The molecule has 3 nitrogen and oxygen atoms in total. The second-order valence-electron chi connectivity index (χ2n) is 11.5.